The summed E-state index contributed by atoms with van der Waals surface area (Å²) in [4.78, 5) is 10.9. The Kier molecular flexibility index (Phi) is 4.71. The minimum Gasteiger partial charge on any atom is -0.481 e. The summed E-state index contributed by atoms with van der Waals surface area (Å²) in [6, 6.07) is 0. The fourth-order valence-electron chi connectivity index (χ4n) is 1.59. The quantitative estimate of drug-likeness (QED) is 0.755. The Bertz CT molecular complexity index is 174. The van der Waals surface area contributed by atoms with Gasteiger partial charge in [-0.2, -0.15) is 0 Å². The summed E-state index contributed by atoms with van der Waals surface area (Å²) in [5, 5.41) is 8.95. The molecule has 13 heavy (non-hydrogen) atoms. The molecule has 1 N–H and O–H groups in total. The Morgan fingerprint density at radius 3 is 2.23 bits per heavy atom. The van der Waals surface area contributed by atoms with Crippen LogP contribution in [0.1, 0.15) is 26.7 Å². The van der Waals surface area contributed by atoms with E-state index >= 15 is 0 Å². The van der Waals surface area contributed by atoms with E-state index in [-0.39, 0.29) is 18.3 Å². The largest absolute Gasteiger partial charge is 0.481 e. The third-order valence-corrected chi connectivity index (χ3v) is 2.79. The zero-order valence-corrected chi connectivity index (χ0v) is 8.89. The summed E-state index contributed by atoms with van der Waals surface area (Å²) in [6.07, 6.45) is 1.75. The van der Waals surface area contributed by atoms with Crippen molar-refractivity contribution in [3.05, 3.63) is 0 Å². The molecule has 1 heterocycles. The highest BCUT2D eigenvalue weighted by atomic mass is 35.5. The molecule has 78 valence electrons. The number of halogens is 1. The minimum absolute atomic E-state index is 0. The van der Waals surface area contributed by atoms with Gasteiger partial charge in [-0.3, -0.25) is 4.79 Å². The molecule has 0 spiro atoms. The molecule has 0 unspecified atom stereocenters. The number of hydrogen-bond donors (Lipinski definition) is 1. The predicted octanol–water partition coefficient (Wildman–Crippen LogP) is 1.95. The topological polar surface area (TPSA) is 46.5 Å². The van der Waals surface area contributed by atoms with Crippen molar-refractivity contribution in [1.82, 2.24) is 0 Å². The second-order valence-corrected chi connectivity index (χ2v) is 3.91. The van der Waals surface area contributed by atoms with Crippen molar-refractivity contribution >= 4 is 18.4 Å². The normalized spacial score (nSPS) is 19.2. The molecule has 0 radical (unpaired) electrons. The first-order chi connectivity index (χ1) is 5.55. The van der Waals surface area contributed by atoms with Gasteiger partial charge in [-0.15, -0.1) is 12.4 Å². The highest BCUT2D eigenvalue weighted by Crippen LogP contribution is 2.34. The Labute approximate surface area is 84.9 Å². The number of carboxylic acid groups (broad SMARTS) is 1. The van der Waals surface area contributed by atoms with Gasteiger partial charge < -0.3 is 9.84 Å². The van der Waals surface area contributed by atoms with E-state index in [0.717, 1.165) is 12.8 Å². The Balaban J connectivity index is 0.00000144. The van der Waals surface area contributed by atoms with Gasteiger partial charge in [0.25, 0.3) is 0 Å². The van der Waals surface area contributed by atoms with Gasteiger partial charge in [0.05, 0.1) is 5.41 Å². The summed E-state index contributed by atoms with van der Waals surface area (Å²) >= 11 is 0. The summed E-state index contributed by atoms with van der Waals surface area (Å²) in [7, 11) is 0. The van der Waals surface area contributed by atoms with Gasteiger partial charge in [0.15, 0.2) is 0 Å². The Morgan fingerprint density at radius 2 is 1.85 bits per heavy atom. The number of rotatable bonds is 2. The van der Waals surface area contributed by atoms with E-state index in [0.29, 0.717) is 13.2 Å². The van der Waals surface area contributed by atoms with Crippen molar-refractivity contribution in [3.8, 4) is 0 Å². The molecule has 0 bridgehead atoms. The molecule has 0 aromatic carbocycles. The third kappa shape index (κ3) is 2.85. The van der Waals surface area contributed by atoms with E-state index in [4.69, 9.17) is 9.84 Å². The third-order valence-electron chi connectivity index (χ3n) is 2.79. The van der Waals surface area contributed by atoms with E-state index in [9.17, 15) is 4.79 Å². The van der Waals surface area contributed by atoms with Gasteiger partial charge >= 0.3 is 5.97 Å². The first-order valence-corrected chi connectivity index (χ1v) is 4.36. The Morgan fingerprint density at radius 1 is 1.38 bits per heavy atom. The van der Waals surface area contributed by atoms with Crippen LogP contribution in [0, 0.1) is 11.3 Å². The highest BCUT2D eigenvalue weighted by molar-refractivity contribution is 5.85. The number of ether oxygens (including phenoxy) is 1. The maximum absolute atomic E-state index is 10.9. The van der Waals surface area contributed by atoms with E-state index in [1.807, 2.05) is 0 Å². The molecular formula is C9H17ClO3. The van der Waals surface area contributed by atoms with Gasteiger partial charge in [-0.1, -0.05) is 0 Å². The molecule has 0 aromatic heterocycles. The maximum Gasteiger partial charge on any atom is 0.309 e. The van der Waals surface area contributed by atoms with Crippen LogP contribution in [-0.4, -0.2) is 24.3 Å². The monoisotopic (exact) mass is 208 g/mol. The van der Waals surface area contributed by atoms with Crippen LogP contribution in [0.4, 0.5) is 0 Å². The first-order valence-electron chi connectivity index (χ1n) is 4.36. The van der Waals surface area contributed by atoms with Crippen LogP contribution in [0.25, 0.3) is 0 Å². The summed E-state index contributed by atoms with van der Waals surface area (Å²) in [5.74, 6) is -0.432. The molecule has 0 amide bonds. The van der Waals surface area contributed by atoms with Crippen molar-refractivity contribution in [2.45, 2.75) is 26.7 Å². The molecule has 0 saturated carbocycles. The van der Waals surface area contributed by atoms with E-state index in [1.165, 1.54) is 0 Å². The second-order valence-electron chi connectivity index (χ2n) is 3.91. The zero-order chi connectivity index (χ0) is 9.19. The van der Waals surface area contributed by atoms with Crippen molar-refractivity contribution in [2.75, 3.05) is 13.2 Å². The van der Waals surface area contributed by atoms with Gasteiger partial charge in [0.1, 0.15) is 0 Å². The lowest BCUT2D eigenvalue weighted by Gasteiger charge is -2.33. The van der Waals surface area contributed by atoms with Crippen LogP contribution < -0.4 is 0 Å². The van der Waals surface area contributed by atoms with Gasteiger partial charge in [0.2, 0.25) is 0 Å². The average Bonchev–Trinajstić information content (AvgIpc) is 2.06. The van der Waals surface area contributed by atoms with Crippen LogP contribution in [0.15, 0.2) is 0 Å². The highest BCUT2D eigenvalue weighted by Gasteiger charge is 2.37. The summed E-state index contributed by atoms with van der Waals surface area (Å²) in [6.45, 7) is 5.01. The number of carbonyl (C=O) groups is 1. The predicted molar refractivity (Wildman–Crippen MR) is 52.2 cm³/mol. The fraction of sp³-hybridized carbons (Fsp3) is 0.889. The number of carboxylic acids is 1. The molecular weight excluding hydrogens is 192 g/mol. The van der Waals surface area contributed by atoms with Crippen molar-refractivity contribution in [3.63, 3.8) is 0 Å². The van der Waals surface area contributed by atoms with Crippen LogP contribution in [0.5, 0.6) is 0 Å². The minimum atomic E-state index is -0.700. The zero-order valence-electron chi connectivity index (χ0n) is 8.08. The van der Waals surface area contributed by atoms with E-state index in [1.54, 1.807) is 13.8 Å². The lowest BCUT2D eigenvalue weighted by atomic mass is 9.75. The molecule has 1 fully saturated rings. The van der Waals surface area contributed by atoms with Crippen LogP contribution in [0.3, 0.4) is 0 Å². The van der Waals surface area contributed by atoms with Gasteiger partial charge in [-0.25, -0.2) is 0 Å². The maximum atomic E-state index is 10.9. The van der Waals surface area contributed by atoms with Crippen molar-refractivity contribution in [2.24, 2.45) is 11.3 Å². The first kappa shape index (κ1) is 12.7. The van der Waals surface area contributed by atoms with Gasteiger partial charge in [-0.05, 0) is 32.6 Å². The Hall–Kier alpha value is -0.280. The summed E-state index contributed by atoms with van der Waals surface area (Å²) in [5.41, 5.74) is -0.593. The molecule has 0 aromatic rings. The van der Waals surface area contributed by atoms with Gasteiger partial charge in [0, 0.05) is 13.2 Å². The van der Waals surface area contributed by atoms with E-state index < -0.39 is 11.4 Å². The van der Waals surface area contributed by atoms with Crippen LogP contribution >= 0.6 is 12.4 Å². The van der Waals surface area contributed by atoms with Crippen molar-refractivity contribution in [1.29, 1.82) is 0 Å². The molecule has 1 saturated heterocycles. The lowest BCUT2D eigenvalue weighted by molar-refractivity contribution is -0.152. The van der Waals surface area contributed by atoms with Crippen molar-refractivity contribution < 1.29 is 14.6 Å². The molecule has 3 nitrogen and oxygen atoms in total. The second kappa shape index (κ2) is 4.82. The van der Waals surface area contributed by atoms with E-state index in [2.05, 4.69) is 0 Å². The molecule has 4 heteroatoms. The standard InChI is InChI=1S/C9H16O3.ClH/c1-9(2,8(10)11)7-3-5-12-6-4-7;/h7H,3-6H2,1-2H3,(H,10,11);1H. The number of hydrogen-bond acceptors (Lipinski definition) is 2. The fourth-order valence-corrected chi connectivity index (χ4v) is 1.59. The molecule has 1 rings (SSSR count). The SMILES string of the molecule is CC(C)(C(=O)O)C1CCOCC1.Cl. The number of aliphatic carboxylic acids is 1. The molecule has 0 aliphatic carbocycles. The van der Waals surface area contributed by atoms with Crippen LogP contribution in [0.2, 0.25) is 0 Å². The lowest BCUT2D eigenvalue weighted by Crippen LogP contribution is -2.36. The molecule has 1 aliphatic rings. The molecule has 1 aliphatic heterocycles. The summed E-state index contributed by atoms with van der Waals surface area (Å²) < 4.78 is 5.18. The molecule has 0 atom stereocenters. The smallest absolute Gasteiger partial charge is 0.309 e. The van der Waals surface area contributed by atoms with Crippen LogP contribution in [-0.2, 0) is 9.53 Å². The average molecular weight is 209 g/mol.